The summed E-state index contributed by atoms with van der Waals surface area (Å²) in [5.74, 6) is 0.511. The van der Waals surface area contributed by atoms with Crippen molar-refractivity contribution >= 4 is 0 Å². The number of benzene rings is 1. The monoisotopic (exact) mass is 192 g/mol. The summed E-state index contributed by atoms with van der Waals surface area (Å²) in [6, 6.07) is 6.33. The molecule has 0 radical (unpaired) electrons. The van der Waals surface area contributed by atoms with Crippen LogP contribution < -0.4 is 0 Å². The summed E-state index contributed by atoms with van der Waals surface area (Å²) in [5, 5.41) is 9.98. The Labute approximate surface area is 86.8 Å². The van der Waals surface area contributed by atoms with Crippen LogP contribution in [0, 0.1) is 6.92 Å². The van der Waals surface area contributed by atoms with E-state index in [1.54, 1.807) is 0 Å². The Balaban J connectivity index is 3.22. The van der Waals surface area contributed by atoms with Crippen molar-refractivity contribution in [3.8, 4) is 0 Å². The third kappa shape index (κ3) is 2.36. The molecule has 0 bridgehead atoms. The van der Waals surface area contributed by atoms with E-state index in [0.29, 0.717) is 5.92 Å². The Hall–Kier alpha value is -0.820. The maximum Gasteiger partial charge on any atom is 0.0843 e. The van der Waals surface area contributed by atoms with E-state index in [2.05, 4.69) is 32.0 Å². The van der Waals surface area contributed by atoms with Gasteiger partial charge in [0.25, 0.3) is 0 Å². The Kier molecular flexibility index (Phi) is 3.01. The molecule has 1 N–H and O–H groups in total. The number of aliphatic hydroxyl groups is 1. The van der Waals surface area contributed by atoms with E-state index in [0.717, 1.165) is 11.1 Å². The van der Waals surface area contributed by atoms with E-state index >= 15 is 0 Å². The Morgan fingerprint density at radius 2 is 1.79 bits per heavy atom. The van der Waals surface area contributed by atoms with Gasteiger partial charge in [0, 0.05) is 0 Å². The zero-order valence-electron chi connectivity index (χ0n) is 9.76. The normalized spacial score (nSPS) is 12.2. The first-order valence-electron chi connectivity index (χ1n) is 5.16. The standard InChI is InChI=1S/C13H20O/c1-9(2)11-7-6-10(3)12(8-11)13(4,5)14/h6-9,14H,1-5H3. The Morgan fingerprint density at radius 1 is 1.21 bits per heavy atom. The summed E-state index contributed by atoms with van der Waals surface area (Å²) < 4.78 is 0. The SMILES string of the molecule is Cc1ccc(C(C)C)cc1C(C)(C)O. The Bertz CT molecular complexity index is 318. The molecule has 0 heterocycles. The molecule has 14 heavy (non-hydrogen) atoms. The minimum atomic E-state index is -0.741. The van der Waals surface area contributed by atoms with Gasteiger partial charge in [-0.3, -0.25) is 0 Å². The fraction of sp³-hybridized carbons (Fsp3) is 0.538. The van der Waals surface area contributed by atoms with Gasteiger partial charge in [0.2, 0.25) is 0 Å². The van der Waals surface area contributed by atoms with E-state index in [4.69, 9.17) is 0 Å². The largest absolute Gasteiger partial charge is 0.386 e. The number of hydrogen-bond donors (Lipinski definition) is 1. The molecule has 0 aliphatic heterocycles. The van der Waals surface area contributed by atoms with Gasteiger partial charge in [-0.2, -0.15) is 0 Å². The van der Waals surface area contributed by atoms with Gasteiger partial charge in [-0.05, 0) is 43.4 Å². The van der Waals surface area contributed by atoms with Gasteiger partial charge in [0.1, 0.15) is 0 Å². The van der Waals surface area contributed by atoms with Crippen LogP contribution in [0.2, 0.25) is 0 Å². The van der Waals surface area contributed by atoms with E-state index in [-0.39, 0.29) is 0 Å². The van der Waals surface area contributed by atoms with E-state index in [9.17, 15) is 5.11 Å². The van der Waals surface area contributed by atoms with E-state index < -0.39 is 5.60 Å². The quantitative estimate of drug-likeness (QED) is 0.762. The molecule has 0 saturated carbocycles. The van der Waals surface area contributed by atoms with Crippen LogP contribution in [0.4, 0.5) is 0 Å². The van der Waals surface area contributed by atoms with Gasteiger partial charge in [0.05, 0.1) is 5.60 Å². The lowest BCUT2D eigenvalue weighted by Crippen LogP contribution is -2.17. The first-order valence-corrected chi connectivity index (χ1v) is 5.16. The van der Waals surface area contributed by atoms with Gasteiger partial charge in [-0.15, -0.1) is 0 Å². The van der Waals surface area contributed by atoms with Crippen molar-refractivity contribution < 1.29 is 5.11 Å². The molecular weight excluding hydrogens is 172 g/mol. The highest BCUT2D eigenvalue weighted by Crippen LogP contribution is 2.26. The first kappa shape index (κ1) is 11.3. The summed E-state index contributed by atoms with van der Waals surface area (Å²) >= 11 is 0. The predicted octanol–water partition coefficient (Wildman–Crippen LogP) is 3.35. The number of rotatable bonds is 2. The van der Waals surface area contributed by atoms with E-state index in [1.165, 1.54) is 5.56 Å². The van der Waals surface area contributed by atoms with Crippen molar-refractivity contribution in [2.24, 2.45) is 0 Å². The fourth-order valence-electron chi connectivity index (χ4n) is 1.66. The first-order chi connectivity index (χ1) is 6.32. The minimum absolute atomic E-state index is 0.511. The van der Waals surface area contributed by atoms with Crippen LogP contribution in [-0.2, 0) is 5.60 Å². The van der Waals surface area contributed by atoms with Crippen LogP contribution in [0.15, 0.2) is 18.2 Å². The average molecular weight is 192 g/mol. The van der Waals surface area contributed by atoms with Crippen molar-refractivity contribution in [2.75, 3.05) is 0 Å². The zero-order chi connectivity index (χ0) is 10.9. The molecule has 78 valence electrons. The molecule has 0 spiro atoms. The molecule has 1 heteroatoms. The molecule has 0 atom stereocenters. The van der Waals surface area contributed by atoms with Gasteiger partial charge in [-0.1, -0.05) is 32.0 Å². The lowest BCUT2D eigenvalue weighted by Gasteiger charge is -2.22. The topological polar surface area (TPSA) is 20.2 Å². The van der Waals surface area contributed by atoms with Crippen molar-refractivity contribution in [3.05, 3.63) is 34.9 Å². The van der Waals surface area contributed by atoms with Crippen LogP contribution in [0.1, 0.15) is 50.3 Å². The van der Waals surface area contributed by atoms with Crippen LogP contribution in [0.25, 0.3) is 0 Å². The third-order valence-electron chi connectivity index (χ3n) is 2.59. The molecule has 1 nitrogen and oxygen atoms in total. The van der Waals surface area contributed by atoms with Gasteiger partial charge in [0.15, 0.2) is 0 Å². The fourth-order valence-corrected chi connectivity index (χ4v) is 1.66. The molecular formula is C13H20O. The van der Waals surface area contributed by atoms with Gasteiger partial charge < -0.3 is 5.11 Å². The summed E-state index contributed by atoms with van der Waals surface area (Å²) in [6.45, 7) is 10.0. The molecule has 0 aliphatic carbocycles. The number of hydrogen-bond acceptors (Lipinski definition) is 1. The predicted molar refractivity (Wildman–Crippen MR) is 60.5 cm³/mol. The summed E-state index contributed by atoms with van der Waals surface area (Å²) in [7, 11) is 0. The van der Waals surface area contributed by atoms with Crippen molar-refractivity contribution in [1.82, 2.24) is 0 Å². The zero-order valence-corrected chi connectivity index (χ0v) is 9.76. The summed E-state index contributed by atoms with van der Waals surface area (Å²) in [6.07, 6.45) is 0. The summed E-state index contributed by atoms with van der Waals surface area (Å²) in [4.78, 5) is 0. The second kappa shape index (κ2) is 3.74. The van der Waals surface area contributed by atoms with Crippen LogP contribution in [0.3, 0.4) is 0 Å². The molecule has 0 fully saturated rings. The Morgan fingerprint density at radius 3 is 2.21 bits per heavy atom. The van der Waals surface area contributed by atoms with Gasteiger partial charge in [-0.25, -0.2) is 0 Å². The van der Waals surface area contributed by atoms with Crippen LogP contribution in [0.5, 0.6) is 0 Å². The maximum atomic E-state index is 9.98. The lowest BCUT2D eigenvalue weighted by molar-refractivity contribution is 0.0778. The van der Waals surface area contributed by atoms with Crippen molar-refractivity contribution in [3.63, 3.8) is 0 Å². The molecule has 0 aromatic heterocycles. The van der Waals surface area contributed by atoms with Crippen molar-refractivity contribution in [2.45, 2.75) is 46.1 Å². The van der Waals surface area contributed by atoms with Gasteiger partial charge >= 0.3 is 0 Å². The number of aryl methyl sites for hydroxylation is 1. The lowest BCUT2D eigenvalue weighted by atomic mass is 9.89. The second-order valence-electron chi connectivity index (χ2n) is 4.79. The minimum Gasteiger partial charge on any atom is -0.386 e. The highest BCUT2D eigenvalue weighted by Gasteiger charge is 2.18. The highest BCUT2D eigenvalue weighted by atomic mass is 16.3. The van der Waals surface area contributed by atoms with Crippen LogP contribution >= 0.6 is 0 Å². The summed E-state index contributed by atoms with van der Waals surface area (Å²) in [5.41, 5.74) is 2.73. The smallest absolute Gasteiger partial charge is 0.0843 e. The molecule has 0 aliphatic rings. The molecule has 1 rings (SSSR count). The van der Waals surface area contributed by atoms with Crippen LogP contribution in [-0.4, -0.2) is 5.11 Å². The molecule has 0 amide bonds. The third-order valence-corrected chi connectivity index (χ3v) is 2.59. The maximum absolute atomic E-state index is 9.98. The van der Waals surface area contributed by atoms with Crippen molar-refractivity contribution in [1.29, 1.82) is 0 Å². The average Bonchev–Trinajstić information content (AvgIpc) is 2.02. The van der Waals surface area contributed by atoms with E-state index in [1.807, 2.05) is 20.8 Å². The molecule has 1 aromatic rings. The molecule has 0 saturated heterocycles. The second-order valence-corrected chi connectivity index (χ2v) is 4.79. The molecule has 1 aromatic carbocycles. The molecule has 0 unspecified atom stereocenters. The highest BCUT2D eigenvalue weighted by molar-refractivity contribution is 5.35.